The Kier molecular flexibility index (Phi) is 3.52. The Hall–Kier alpha value is -1.58. The van der Waals surface area contributed by atoms with Gasteiger partial charge in [0.25, 0.3) is 0 Å². The minimum absolute atomic E-state index is 0.0284. The Bertz CT molecular complexity index is 385. The zero-order valence-electron chi connectivity index (χ0n) is 9.95. The summed E-state index contributed by atoms with van der Waals surface area (Å²) >= 11 is 0. The van der Waals surface area contributed by atoms with E-state index in [-0.39, 0.29) is 10.8 Å². The van der Waals surface area contributed by atoms with E-state index in [0.717, 1.165) is 0 Å². The minimum Gasteiger partial charge on any atom is -0.442 e. The van der Waals surface area contributed by atoms with Crippen LogP contribution in [0, 0.1) is 6.92 Å². The number of carbonyl (C=O) groups is 1. The van der Waals surface area contributed by atoms with E-state index in [1.165, 1.54) is 6.07 Å². The number of ether oxygens (including phenoxy) is 1. The van der Waals surface area contributed by atoms with Gasteiger partial charge in [0, 0.05) is 0 Å². The smallest absolute Gasteiger partial charge is 0.442 e. The standard InChI is InChI=1S/C12H16FNO2/c1-9-7-5-6-8-10(9)14(13)11(15)16-12(2,3)4/h5-8H,1-4H3. The molecule has 4 heteroatoms. The molecule has 0 bridgehead atoms. The number of para-hydroxylation sites is 1. The number of anilines is 1. The van der Waals surface area contributed by atoms with Gasteiger partial charge in [-0.1, -0.05) is 22.7 Å². The van der Waals surface area contributed by atoms with Crippen molar-refractivity contribution >= 4 is 11.8 Å². The summed E-state index contributed by atoms with van der Waals surface area (Å²) in [5.74, 6) is 0. The second-order valence-electron chi connectivity index (χ2n) is 4.55. The van der Waals surface area contributed by atoms with Gasteiger partial charge in [0.1, 0.15) is 5.60 Å². The van der Waals surface area contributed by atoms with E-state index in [4.69, 9.17) is 4.74 Å². The van der Waals surface area contributed by atoms with E-state index < -0.39 is 11.7 Å². The van der Waals surface area contributed by atoms with Gasteiger partial charge in [-0.2, -0.15) is 0 Å². The van der Waals surface area contributed by atoms with Gasteiger partial charge in [0.05, 0.1) is 5.69 Å². The molecule has 0 aliphatic heterocycles. The van der Waals surface area contributed by atoms with Crippen LogP contribution in [0.5, 0.6) is 0 Å². The van der Waals surface area contributed by atoms with E-state index in [1.54, 1.807) is 45.9 Å². The van der Waals surface area contributed by atoms with Crippen molar-refractivity contribution in [3.05, 3.63) is 29.8 Å². The van der Waals surface area contributed by atoms with E-state index in [0.29, 0.717) is 5.56 Å². The summed E-state index contributed by atoms with van der Waals surface area (Å²) in [6, 6.07) is 6.70. The molecule has 1 rings (SSSR count). The zero-order chi connectivity index (χ0) is 12.3. The van der Waals surface area contributed by atoms with Gasteiger partial charge >= 0.3 is 6.09 Å². The van der Waals surface area contributed by atoms with Crippen LogP contribution >= 0.6 is 0 Å². The molecule has 0 saturated carbocycles. The first-order chi connectivity index (χ1) is 7.31. The average molecular weight is 225 g/mol. The molecule has 0 spiro atoms. The molecule has 0 N–H and O–H groups in total. The number of benzene rings is 1. The fraction of sp³-hybridized carbons (Fsp3) is 0.417. The molecule has 88 valence electrons. The maximum absolute atomic E-state index is 13.7. The monoisotopic (exact) mass is 225 g/mol. The van der Waals surface area contributed by atoms with Crippen molar-refractivity contribution in [3.8, 4) is 0 Å². The molecule has 1 amide bonds. The van der Waals surface area contributed by atoms with Crippen molar-refractivity contribution in [2.45, 2.75) is 33.3 Å². The van der Waals surface area contributed by atoms with Crippen LogP contribution in [0.2, 0.25) is 0 Å². The molecule has 0 atom stereocenters. The fourth-order valence-electron chi connectivity index (χ4n) is 1.18. The first-order valence-corrected chi connectivity index (χ1v) is 5.06. The van der Waals surface area contributed by atoms with Gasteiger partial charge in [-0.15, -0.1) is 5.12 Å². The zero-order valence-corrected chi connectivity index (χ0v) is 9.95. The van der Waals surface area contributed by atoms with Crippen LogP contribution in [0.4, 0.5) is 15.0 Å². The van der Waals surface area contributed by atoms with Crippen molar-refractivity contribution in [3.63, 3.8) is 0 Å². The Morgan fingerprint density at radius 1 is 1.31 bits per heavy atom. The summed E-state index contributed by atoms with van der Waals surface area (Å²) in [6.07, 6.45) is -0.998. The summed E-state index contributed by atoms with van der Waals surface area (Å²) in [5.41, 5.74) is 0.178. The topological polar surface area (TPSA) is 29.5 Å². The predicted molar refractivity (Wildman–Crippen MR) is 61.0 cm³/mol. The quantitative estimate of drug-likeness (QED) is 0.683. The number of hydrogen-bond donors (Lipinski definition) is 0. The number of amides is 1. The molecular weight excluding hydrogens is 209 g/mol. The molecule has 0 unspecified atom stereocenters. The van der Waals surface area contributed by atoms with Crippen LogP contribution in [-0.4, -0.2) is 11.7 Å². The second kappa shape index (κ2) is 4.51. The van der Waals surface area contributed by atoms with Gasteiger partial charge < -0.3 is 4.74 Å². The van der Waals surface area contributed by atoms with Crippen LogP contribution in [0.1, 0.15) is 26.3 Å². The van der Waals surface area contributed by atoms with Crippen LogP contribution in [0.3, 0.4) is 0 Å². The Balaban J connectivity index is 2.83. The summed E-state index contributed by atoms with van der Waals surface area (Å²) in [6.45, 7) is 6.80. The lowest BCUT2D eigenvalue weighted by Gasteiger charge is -2.22. The summed E-state index contributed by atoms with van der Waals surface area (Å²) < 4.78 is 18.6. The normalized spacial score (nSPS) is 11.1. The fourth-order valence-corrected chi connectivity index (χ4v) is 1.18. The van der Waals surface area contributed by atoms with E-state index in [2.05, 4.69) is 0 Å². The largest absolute Gasteiger partial charge is 0.443 e. The second-order valence-corrected chi connectivity index (χ2v) is 4.55. The maximum atomic E-state index is 13.7. The lowest BCUT2D eigenvalue weighted by molar-refractivity contribution is 0.0500. The maximum Gasteiger partial charge on any atom is 0.443 e. The lowest BCUT2D eigenvalue weighted by Crippen LogP contribution is -2.32. The lowest BCUT2D eigenvalue weighted by atomic mass is 10.2. The Morgan fingerprint density at radius 3 is 2.38 bits per heavy atom. The summed E-state index contributed by atoms with van der Waals surface area (Å²) in [7, 11) is 0. The first-order valence-electron chi connectivity index (χ1n) is 5.06. The van der Waals surface area contributed by atoms with Crippen LogP contribution in [0.25, 0.3) is 0 Å². The molecule has 0 aliphatic carbocycles. The molecule has 0 fully saturated rings. The van der Waals surface area contributed by atoms with E-state index in [1.807, 2.05) is 0 Å². The number of aryl methyl sites for hydroxylation is 1. The number of hydrogen-bond acceptors (Lipinski definition) is 2. The molecule has 3 nitrogen and oxygen atoms in total. The molecule has 0 aliphatic rings. The summed E-state index contributed by atoms with van der Waals surface area (Å²) in [5, 5.41) is 0.0284. The molecule has 0 aromatic heterocycles. The summed E-state index contributed by atoms with van der Waals surface area (Å²) in [4.78, 5) is 11.4. The highest BCUT2D eigenvalue weighted by Crippen LogP contribution is 2.22. The molecule has 16 heavy (non-hydrogen) atoms. The third-order valence-corrected chi connectivity index (χ3v) is 1.88. The molecule has 0 radical (unpaired) electrons. The SMILES string of the molecule is Cc1ccccc1N(F)C(=O)OC(C)(C)C. The minimum atomic E-state index is -0.998. The van der Waals surface area contributed by atoms with E-state index in [9.17, 15) is 9.28 Å². The van der Waals surface area contributed by atoms with Crippen LogP contribution in [0.15, 0.2) is 24.3 Å². The van der Waals surface area contributed by atoms with Gasteiger partial charge in [-0.25, -0.2) is 4.79 Å². The van der Waals surface area contributed by atoms with E-state index >= 15 is 0 Å². The molecule has 0 heterocycles. The van der Waals surface area contributed by atoms with Crippen molar-refractivity contribution in [2.24, 2.45) is 0 Å². The number of nitrogens with zero attached hydrogens (tertiary/aromatic N) is 1. The van der Waals surface area contributed by atoms with Gasteiger partial charge in [-0.3, -0.25) is 0 Å². The molecule has 1 aromatic rings. The van der Waals surface area contributed by atoms with Crippen molar-refractivity contribution < 1.29 is 14.0 Å². The highest BCUT2D eigenvalue weighted by atomic mass is 19.2. The van der Waals surface area contributed by atoms with Gasteiger partial charge in [0.2, 0.25) is 0 Å². The highest BCUT2D eigenvalue weighted by molar-refractivity contribution is 5.86. The van der Waals surface area contributed by atoms with Crippen LogP contribution in [-0.2, 0) is 4.74 Å². The Morgan fingerprint density at radius 2 is 1.88 bits per heavy atom. The number of halogens is 1. The average Bonchev–Trinajstić information content (AvgIpc) is 2.15. The van der Waals surface area contributed by atoms with Gasteiger partial charge in [-0.05, 0) is 39.3 Å². The number of rotatable bonds is 1. The highest BCUT2D eigenvalue weighted by Gasteiger charge is 2.24. The van der Waals surface area contributed by atoms with Crippen molar-refractivity contribution in [2.75, 3.05) is 5.12 Å². The Labute approximate surface area is 94.8 Å². The van der Waals surface area contributed by atoms with Crippen LogP contribution < -0.4 is 5.12 Å². The number of carbonyl (C=O) groups excluding carboxylic acids is 1. The van der Waals surface area contributed by atoms with Crippen molar-refractivity contribution in [1.82, 2.24) is 0 Å². The third-order valence-electron chi connectivity index (χ3n) is 1.88. The molecule has 0 saturated heterocycles. The van der Waals surface area contributed by atoms with Gasteiger partial charge in [0.15, 0.2) is 0 Å². The molecular formula is C12H16FNO2. The van der Waals surface area contributed by atoms with Crippen molar-refractivity contribution in [1.29, 1.82) is 0 Å². The third kappa shape index (κ3) is 3.22. The first kappa shape index (κ1) is 12.5. The predicted octanol–water partition coefficient (Wildman–Crippen LogP) is 3.62. The molecule has 1 aromatic carbocycles.